The molecule has 2 aromatic rings. The topological polar surface area (TPSA) is 112 Å². The molecule has 9 nitrogen and oxygen atoms in total. The molecule has 2 heterocycles. The summed E-state index contributed by atoms with van der Waals surface area (Å²) < 4.78 is 25.5. The number of nitrogens with zero attached hydrogens (tertiary/aromatic N) is 1. The van der Waals surface area contributed by atoms with Crippen molar-refractivity contribution in [2.24, 2.45) is 0 Å². The maximum absolute atomic E-state index is 13.9. The largest absolute Gasteiger partial charge is 0.453 e. The van der Waals surface area contributed by atoms with Crippen molar-refractivity contribution in [1.29, 1.82) is 0 Å². The summed E-state index contributed by atoms with van der Waals surface area (Å²) in [5.74, 6) is -1.56. The minimum atomic E-state index is -2.55. The van der Waals surface area contributed by atoms with Gasteiger partial charge in [-0.15, -0.1) is 0 Å². The highest BCUT2D eigenvalue weighted by Gasteiger charge is 2.57. The molecule has 0 unspecified atom stereocenters. The lowest BCUT2D eigenvalue weighted by molar-refractivity contribution is -0.268. The van der Waals surface area contributed by atoms with Gasteiger partial charge in [-0.1, -0.05) is 89.6 Å². The Morgan fingerprint density at radius 1 is 0.841 bits per heavy atom. The number of imide groups is 1. The average molecular weight is 626 g/mol. The van der Waals surface area contributed by atoms with Crippen molar-refractivity contribution >= 4 is 26.1 Å². The Bertz CT molecular complexity index is 1200. The number of amides is 2. The van der Waals surface area contributed by atoms with Crippen LogP contribution in [0, 0.1) is 0 Å². The smallest absolute Gasteiger partial charge is 0.338 e. The fourth-order valence-electron chi connectivity index (χ4n) is 6.36. The minimum Gasteiger partial charge on any atom is -0.453 e. The Morgan fingerprint density at radius 2 is 1.36 bits per heavy atom. The zero-order chi connectivity index (χ0) is 31.7. The zero-order valence-corrected chi connectivity index (χ0v) is 27.4. The van der Waals surface area contributed by atoms with Gasteiger partial charge in [0.2, 0.25) is 0 Å². The molecule has 1 fully saturated rings. The number of methoxy groups -OCH3 is 1. The van der Waals surface area contributed by atoms with E-state index in [2.05, 4.69) is 20.8 Å². The minimum absolute atomic E-state index is 0.291. The van der Waals surface area contributed by atoms with Gasteiger partial charge in [-0.2, -0.15) is 0 Å². The van der Waals surface area contributed by atoms with Gasteiger partial charge in [0.1, 0.15) is 18.2 Å². The summed E-state index contributed by atoms with van der Waals surface area (Å²) in [6.07, 6.45) is 1.74. The van der Waals surface area contributed by atoms with Crippen molar-refractivity contribution in [2.75, 3.05) is 13.7 Å². The number of benzene rings is 2. The van der Waals surface area contributed by atoms with E-state index < -0.39 is 63.4 Å². The average Bonchev–Trinajstić information content (AvgIpc) is 3.31. The molecule has 0 bridgehead atoms. The number of unbranched alkanes of at least 4 members (excludes halogenated alkanes) is 3. The van der Waals surface area contributed by atoms with Crippen molar-refractivity contribution < 1.29 is 38.1 Å². The molecule has 0 spiro atoms. The number of carbonyl (C=O) groups excluding carboxylic acids is 3. The predicted octanol–water partition coefficient (Wildman–Crippen LogP) is 5.97. The Hall–Kier alpha value is -2.89. The molecular formula is C34H47NO8Si. The number of fused-ring (bicyclic) bond motifs is 1. The Morgan fingerprint density at radius 3 is 1.84 bits per heavy atom. The van der Waals surface area contributed by atoms with Gasteiger partial charge in [-0.25, -0.2) is 4.79 Å². The molecule has 1 saturated heterocycles. The van der Waals surface area contributed by atoms with Crippen LogP contribution in [0.3, 0.4) is 0 Å². The highest BCUT2D eigenvalue weighted by Crippen LogP contribution is 2.40. The summed E-state index contributed by atoms with van der Waals surface area (Å²) in [5, 5.41) is 10.5. The zero-order valence-electron chi connectivity index (χ0n) is 26.4. The molecule has 2 aromatic carbocycles. The molecule has 44 heavy (non-hydrogen) atoms. The first-order chi connectivity index (χ1) is 21.3. The summed E-state index contributed by atoms with van der Waals surface area (Å²) in [7, 11) is -1.11. The van der Waals surface area contributed by atoms with Crippen LogP contribution in [0.15, 0.2) is 54.6 Å². The second-order valence-electron chi connectivity index (χ2n) is 11.8. The van der Waals surface area contributed by atoms with Gasteiger partial charge in [0.15, 0.2) is 20.7 Å². The maximum Gasteiger partial charge on any atom is 0.338 e. The Labute approximate surface area is 262 Å². The summed E-state index contributed by atoms with van der Waals surface area (Å²) in [5.41, 5.74) is 0.917. The van der Waals surface area contributed by atoms with E-state index in [9.17, 15) is 19.5 Å². The molecule has 2 aliphatic heterocycles. The van der Waals surface area contributed by atoms with Gasteiger partial charge in [0, 0.05) is 7.11 Å². The number of hydrogen-bond donors (Lipinski definition) is 1. The van der Waals surface area contributed by atoms with Crippen molar-refractivity contribution in [2.45, 2.75) is 108 Å². The molecule has 4 rings (SSSR count). The third-order valence-electron chi connectivity index (χ3n) is 8.75. The summed E-state index contributed by atoms with van der Waals surface area (Å²) in [4.78, 5) is 42.4. The van der Waals surface area contributed by atoms with Crippen LogP contribution in [-0.4, -0.2) is 80.5 Å². The molecular weight excluding hydrogens is 578 g/mol. The first kappa shape index (κ1) is 34.0. The van der Waals surface area contributed by atoms with Crippen molar-refractivity contribution in [3.8, 4) is 0 Å². The Kier molecular flexibility index (Phi) is 12.3. The molecule has 5 atom stereocenters. The molecule has 10 heteroatoms. The number of aliphatic hydroxyl groups is 1. The van der Waals surface area contributed by atoms with E-state index in [1.807, 2.05) is 0 Å². The van der Waals surface area contributed by atoms with Crippen LogP contribution in [0.4, 0.5) is 0 Å². The van der Waals surface area contributed by atoms with E-state index >= 15 is 0 Å². The fourth-order valence-corrected chi connectivity index (χ4v) is 11.3. The fraction of sp³-hybridized carbons (Fsp3) is 0.559. The number of aliphatic hydroxyl groups excluding tert-OH is 1. The summed E-state index contributed by atoms with van der Waals surface area (Å²) in [6.45, 7) is 5.99. The van der Waals surface area contributed by atoms with Crippen LogP contribution < -0.4 is 0 Å². The van der Waals surface area contributed by atoms with Gasteiger partial charge < -0.3 is 23.7 Å². The Balaban J connectivity index is 1.85. The first-order valence-corrected chi connectivity index (χ1v) is 18.6. The highest BCUT2D eigenvalue weighted by atomic mass is 28.4. The molecule has 2 amide bonds. The predicted molar refractivity (Wildman–Crippen MR) is 169 cm³/mol. The highest BCUT2D eigenvalue weighted by molar-refractivity contribution is 6.73. The maximum atomic E-state index is 13.9. The number of rotatable bonds is 16. The molecule has 1 N–H and O–H groups in total. The molecule has 0 radical (unpaired) electrons. The third kappa shape index (κ3) is 7.32. The number of esters is 1. The SMILES string of the molecule is CCCC[Si](CCCC)(CCCC)O[C@H]1[C@H](OC(=O)c2ccccc2)[C@@H](CO)O[C@@H](OC)[C@@H]1N1C(=O)c2ccccc2C1=O. The molecule has 0 aliphatic carbocycles. The lowest BCUT2D eigenvalue weighted by Crippen LogP contribution is -2.69. The van der Waals surface area contributed by atoms with E-state index in [1.54, 1.807) is 54.6 Å². The number of hydrogen-bond acceptors (Lipinski definition) is 8. The van der Waals surface area contributed by atoms with Gasteiger partial charge in [-0.05, 0) is 42.4 Å². The van der Waals surface area contributed by atoms with Gasteiger partial charge in [-0.3, -0.25) is 14.5 Å². The standard InChI is InChI=1S/C34H47NO8Si/c1-5-8-20-44(21-9-6-2,22-10-7-3)43-30-28(35-31(37)25-18-14-15-19-26(25)32(35)38)34(40-4)41-27(23-36)29(30)42-33(39)24-16-12-11-13-17-24/h11-19,27-30,34,36H,5-10,20-23H2,1-4H3/t27-,28-,29-,30-,34-/m1/s1. The second kappa shape index (κ2) is 15.9. The van der Waals surface area contributed by atoms with E-state index in [-0.39, 0.29) is 0 Å². The van der Waals surface area contributed by atoms with Crippen LogP contribution in [0.25, 0.3) is 0 Å². The number of ether oxygens (including phenoxy) is 3. The summed E-state index contributed by atoms with van der Waals surface area (Å²) >= 11 is 0. The molecule has 2 aliphatic rings. The third-order valence-corrected chi connectivity index (χ3v) is 13.3. The lowest BCUT2D eigenvalue weighted by atomic mass is 9.95. The van der Waals surface area contributed by atoms with Crippen molar-refractivity contribution in [3.63, 3.8) is 0 Å². The van der Waals surface area contributed by atoms with E-state index in [0.29, 0.717) is 16.7 Å². The number of carbonyl (C=O) groups is 3. The normalized spacial score (nSPS) is 23.6. The molecule has 0 aromatic heterocycles. The van der Waals surface area contributed by atoms with Gasteiger partial charge >= 0.3 is 5.97 Å². The molecule has 0 saturated carbocycles. The van der Waals surface area contributed by atoms with Gasteiger partial charge in [0.25, 0.3) is 11.8 Å². The monoisotopic (exact) mass is 625 g/mol. The quantitative estimate of drug-likeness (QED) is 0.138. The van der Waals surface area contributed by atoms with Crippen LogP contribution in [0.5, 0.6) is 0 Å². The van der Waals surface area contributed by atoms with E-state index in [0.717, 1.165) is 56.7 Å². The van der Waals surface area contributed by atoms with Crippen LogP contribution in [-0.2, 0) is 18.6 Å². The molecule has 240 valence electrons. The summed E-state index contributed by atoms with van der Waals surface area (Å²) in [6, 6.07) is 16.9. The van der Waals surface area contributed by atoms with E-state index in [4.69, 9.17) is 18.6 Å². The van der Waals surface area contributed by atoms with Crippen molar-refractivity contribution in [1.82, 2.24) is 4.90 Å². The second-order valence-corrected chi connectivity index (χ2v) is 15.9. The van der Waals surface area contributed by atoms with Crippen LogP contribution >= 0.6 is 0 Å². The first-order valence-electron chi connectivity index (χ1n) is 16.0. The van der Waals surface area contributed by atoms with Crippen LogP contribution in [0.1, 0.15) is 90.4 Å². The lowest BCUT2D eigenvalue weighted by Gasteiger charge is -2.50. The van der Waals surface area contributed by atoms with Crippen LogP contribution in [0.2, 0.25) is 18.1 Å². The van der Waals surface area contributed by atoms with Crippen molar-refractivity contribution in [3.05, 3.63) is 71.3 Å². The van der Waals surface area contributed by atoms with Gasteiger partial charge in [0.05, 0.1) is 23.3 Å². The van der Waals surface area contributed by atoms with E-state index in [1.165, 1.54) is 12.0 Å².